The molecule has 2 rings (SSSR count). The van der Waals surface area contributed by atoms with Gasteiger partial charge in [0, 0.05) is 33.3 Å². The van der Waals surface area contributed by atoms with Crippen molar-refractivity contribution >= 4 is 29.9 Å². The first-order valence-corrected chi connectivity index (χ1v) is 8.53. The monoisotopic (exact) mass is 446 g/mol. The van der Waals surface area contributed by atoms with Gasteiger partial charge in [0.05, 0.1) is 6.10 Å². The number of nitrogens with zero attached hydrogens (tertiary/aromatic N) is 2. The van der Waals surface area contributed by atoms with E-state index in [4.69, 9.17) is 4.74 Å². The van der Waals surface area contributed by atoms with Crippen LogP contribution in [0.15, 0.2) is 29.3 Å². The minimum absolute atomic E-state index is 0. The molecular weight excluding hydrogens is 415 g/mol. The third-order valence-electron chi connectivity index (χ3n) is 4.19. The van der Waals surface area contributed by atoms with Crippen molar-refractivity contribution in [1.29, 1.82) is 0 Å². The van der Waals surface area contributed by atoms with Crippen LogP contribution in [-0.2, 0) is 17.8 Å². The average Bonchev–Trinajstić information content (AvgIpc) is 3.08. The SMILES string of the molecule is CCN(C)Cc1cccc(CNC(=NC)NCC2CCCO2)c1.I. The van der Waals surface area contributed by atoms with Gasteiger partial charge in [0.2, 0.25) is 0 Å². The van der Waals surface area contributed by atoms with E-state index in [0.717, 1.165) is 51.6 Å². The second-order valence-corrected chi connectivity index (χ2v) is 6.09. The predicted octanol–water partition coefficient (Wildman–Crippen LogP) is 2.60. The summed E-state index contributed by atoms with van der Waals surface area (Å²) in [6.07, 6.45) is 2.62. The lowest BCUT2D eigenvalue weighted by Gasteiger charge is -2.16. The van der Waals surface area contributed by atoms with E-state index in [-0.39, 0.29) is 24.0 Å². The summed E-state index contributed by atoms with van der Waals surface area (Å²) in [6, 6.07) is 8.71. The van der Waals surface area contributed by atoms with E-state index in [1.165, 1.54) is 11.1 Å². The Labute approximate surface area is 163 Å². The van der Waals surface area contributed by atoms with Crippen LogP contribution in [0.25, 0.3) is 0 Å². The number of aliphatic imine (C=N–C) groups is 1. The van der Waals surface area contributed by atoms with Gasteiger partial charge >= 0.3 is 0 Å². The van der Waals surface area contributed by atoms with E-state index in [1.54, 1.807) is 7.05 Å². The molecule has 2 N–H and O–H groups in total. The number of nitrogens with one attached hydrogen (secondary N) is 2. The van der Waals surface area contributed by atoms with E-state index in [1.807, 2.05) is 0 Å². The fraction of sp³-hybridized carbons (Fsp3) is 0.611. The molecule has 1 heterocycles. The highest BCUT2D eigenvalue weighted by Crippen LogP contribution is 2.10. The van der Waals surface area contributed by atoms with Gasteiger partial charge in [-0.15, -0.1) is 24.0 Å². The molecule has 0 aromatic heterocycles. The fourth-order valence-corrected chi connectivity index (χ4v) is 2.68. The molecule has 1 aliphatic heterocycles. The molecule has 0 radical (unpaired) electrons. The number of hydrogen-bond donors (Lipinski definition) is 2. The lowest BCUT2D eigenvalue weighted by molar-refractivity contribution is 0.114. The van der Waals surface area contributed by atoms with Gasteiger partial charge in [0.25, 0.3) is 0 Å². The van der Waals surface area contributed by atoms with Gasteiger partial charge in [0.1, 0.15) is 0 Å². The molecule has 1 aromatic carbocycles. The van der Waals surface area contributed by atoms with Gasteiger partial charge in [-0.25, -0.2) is 0 Å². The molecule has 1 saturated heterocycles. The maximum absolute atomic E-state index is 5.62. The third kappa shape index (κ3) is 7.36. The molecule has 0 aliphatic carbocycles. The Morgan fingerprint density at radius 2 is 2.12 bits per heavy atom. The number of rotatable bonds is 7. The summed E-state index contributed by atoms with van der Waals surface area (Å²) in [4.78, 5) is 6.58. The summed E-state index contributed by atoms with van der Waals surface area (Å²) in [5.74, 6) is 0.830. The van der Waals surface area contributed by atoms with E-state index < -0.39 is 0 Å². The van der Waals surface area contributed by atoms with Crippen molar-refractivity contribution in [3.05, 3.63) is 35.4 Å². The van der Waals surface area contributed by atoms with Crippen LogP contribution >= 0.6 is 24.0 Å². The summed E-state index contributed by atoms with van der Waals surface area (Å²) < 4.78 is 5.62. The second-order valence-electron chi connectivity index (χ2n) is 6.09. The molecule has 1 aromatic rings. The lowest BCUT2D eigenvalue weighted by atomic mass is 10.1. The summed E-state index contributed by atoms with van der Waals surface area (Å²) in [5, 5.41) is 6.72. The zero-order valence-electron chi connectivity index (χ0n) is 15.0. The predicted molar refractivity (Wildman–Crippen MR) is 111 cm³/mol. The van der Waals surface area contributed by atoms with Gasteiger partial charge in [-0.3, -0.25) is 4.99 Å². The van der Waals surface area contributed by atoms with Crippen LogP contribution in [0.2, 0.25) is 0 Å². The summed E-state index contributed by atoms with van der Waals surface area (Å²) in [6.45, 7) is 6.70. The van der Waals surface area contributed by atoms with Gasteiger partial charge in [-0.1, -0.05) is 31.2 Å². The maximum Gasteiger partial charge on any atom is 0.191 e. The highest BCUT2D eigenvalue weighted by atomic mass is 127. The normalized spacial score (nSPS) is 17.7. The number of benzene rings is 1. The topological polar surface area (TPSA) is 48.9 Å². The van der Waals surface area contributed by atoms with Crippen LogP contribution in [0, 0.1) is 0 Å². The van der Waals surface area contributed by atoms with Gasteiger partial charge in [-0.2, -0.15) is 0 Å². The van der Waals surface area contributed by atoms with E-state index >= 15 is 0 Å². The van der Waals surface area contributed by atoms with Gasteiger partial charge < -0.3 is 20.3 Å². The molecule has 24 heavy (non-hydrogen) atoms. The van der Waals surface area contributed by atoms with Crippen molar-refractivity contribution < 1.29 is 4.74 Å². The van der Waals surface area contributed by atoms with Crippen LogP contribution in [0.3, 0.4) is 0 Å². The highest BCUT2D eigenvalue weighted by Gasteiger charge is 2.15. The van der Waals surface area contributed by atoms with Crippen molar-refractivity contribution in [1.82, 2.24) is 15.5 Å². The van der Waals surface area contributed by atoms with E-state index in [9.17, 15) is 0 Å². The smallest absolute Gasteiger partial charge is 0.191 e. The van der Waals surface area contributed by atoms with Gasteiger partial charge in [0.15, 0.2) is 5.96 Å². The molecule has 5 nitrogen and oxygen atoms in total. The van der Waals surface area contributed by atoms with Crippen molar-refractivity contribution in [2.75, 3.05) is 33.8 Å². The zero-order chi connectivity index (χ0) is 16.5. The number of ether oxygens (including phenoxy) is 1. The molecule has 0 saturated carbocycles. The number of guanidine groups is 1. The Kier molecular flexibility index (Phi) is 10.3. The molecule has 136 valence electrons. The molecule has 6 heteroatoms. The largest absolute Gasteiger partial charge is 0.376 e. The number of halogens is 1. The molecule has 1 aliphatic rings. The first kappa shape index (κ1) is 21.2. The van der Waals surface area contributed by atoms with Crippen molar-refractivity contribution in [3.63, 3.8) is 0 Å². The number of hydrogen-bond acceptors (Lipinski definition) is 3. The van der Waals surface area contributed by atoms with Gasteiger partial charge in [-0.05, 0) is 37.6 Å². The highest BCUT2D eigenvalue weighted by molar-refractivity contribution is 14.0. The van der Waals surface area contributed by atoms with E-state index in [2.05, 4.69) is 58.8 Å². The van der Waals surface area contributed by atoms with Crippen molar-refractivity contribution in [2.24, 2.45) is 4.99 Å². The Morgan fingerprint density at radius 3 is 2.79 bits per heavy atom. The van der Waals surface area contributed by atoms with Crippen molar-refractivity contribution in [3.8, 4) is 0 Å². The second kappa shape index (κ2) is 11.7. The minimum Gasteiger partial charge on any atom is -0.376 e. The molecule has 1 unspecified atom stereocenters. The van der Waals surface area contributed by atoms with Crippen LogP contribution in [0.1, 0.15) is 30.9 Å². The standard InChI is InChI=1S/C18H30N4O.HI/c1-4-22(3)14-16-8-5-7-15(11-16)12-20-18(19-2)21-13-17-9-6-10-23-17;/h5,7-8,11,17H,4,6,9-10,12-14H2,1-3H3,(H2,19,20,21);1H. The third-order valence-corrected chi connectivity index (χ3v) is 4.19. The molecule has 1 atom stereocenters. The molecule has 0 bridgehead atoms. The first-order valence-electron chi connectivity index (χ1n) is 8.53. The molecule has 0 spiro atoms. The minimum atomic E-state index is 0. The molecule has 1 fully saturated rings. The average molecular weight is 446 g/mol. The van der Waals surface area contributed by atoms with Crippen molar-refractivity contribution in [2.45, 2.75) is 39.0 Å². The maximum atomic E-state index is 5.62. The Balaban J connectivity index is 0.00000288. The Hall–Kier alpha value is -0.860. The lowest BCUT2D eigenvalue weighted by Crippen LogP contribution is -2.40. The fourth-order valence-electron chi connectivity index (χ4n) is 2.68. The van der Waals surface area contributed by atoms with Crippen LogP contribution in [0.5, 0.6) is 0 Å². The summed E-state index contributed by atoms with van der Waals surface area (Å²) in [5.41, 5.74) is 2.61. The quantitative estimate of drug-likeness (QED) is 0.384. The Morgan fingerprint density at radius 1 is 1.33 bits per heavy atom. The summed E-state index contributed by atoms with van der Waals surface area (Å²) >= 11 is 0. The molecular formula is C18H31IN4O. The Bertz CT molecular complexity index is 504. The van der Waals surface area contributed by atoms with E-state index in [0.29, 0.717) is 6.10 Å². The zero-order valence-corrected chi connectivity index (χ0v) is 17.4. The van der Waals surface area contributed by atoms with Crippen LogP contribution in [0.4, 0.5) is 0 Å². The van der Waals surface area contributed by atoms with Crippen LogP contribution in [-0.4, -0.2) is 50.8 Å². The summed E-state index contributed by atoms with van der Waals surface area (Å²) in [7, 11) is 3.94. The van der Waals surface area contributed by atoms with Crippen LogP contribution < -0.4 is 10.6 Å². The molecule has 0 amide bonds. The first-order chi connectivity index (χ1) is 11.2.